The molecule has 0 saturated carbocycles. The van der Waals surface area contributed by atoms with Crippen LogP contribution in [-0.2, 0) is 6.42 Å². The Morgan fingerprint density at radius 1 is 0.923 bits per heavy atom. The maximum atomic E-state index is 11.6. The van der Waals surface area contributed by atoms with Crippen molar-refractivity contribution in [1.82, 2.24) is 4.57 Å². The van der Waals surface area contributed by atoms with Crippen molar-refractivity contribution in [3.05, 3.63) is 90.3 Å². The van der Waals surface area contributed by atoms with Crippen LogP contribution in [0.4, 0.5) is 0 Å². The highest BCUT2D eigenvalue weighted by molar-refractivity contribution is 5.99. The minimum Gasteiger partial charge on any atom is -0.477 e. The summed E-state index contributed by atoms with van der Waals surface area (Å²) in [6, 6.07) is 24.1. The summed E-state index contributed by atoms with van der Waals surface area (Å²) in [7, 11) is 0. The monoisotopic (exact) mass is 341 g/mol. The van der Waals surface area contributed by atoms with Crippen molar-refractivity contribution in [2.45, 2.75) is 13.3 Å². The normalized spacial score (nSPS) is 11.0. The van der Waals surface area contributed by atoms with Gasteiger partial charge in [-0.25, -0.2) is 4.79 Å². The zero-order chi connectivity index (χ0) is 18.1. The average Bonchev–Trinajstić information content (AvgIpc) is 3.17. The third-order valence-corrected chi connectivity index (χ3v) is 4.75. The summed E-state index contributed by atoms with van der Waals surface area (Å²) >= 11 is 0. The van der Waals surface area contributed by atoms with E-state index in [2.05, 4.69) is 37.3 Å². The van der Waals surface area contributed by atoms with Crippen LogP contribution in [0.25, 0.3) is 27.6 Å². The van der Waals surface area contributed by atoms with Gasteiger partial charge in [0.05, 0.1) is 5.69 Å². The van der Waals surface area contributed by atoms with E-state index in [4.69, 9.17) is 0 Å². The smallest absolute Gasteiger partial charge is 0.352 e. The van der Waals surface area contributed by atoms with Gasteiger partial charge in [0.2, 0.25) is 0 Å². The first-order chi connectivity index (χ1) is 12.7. The Balaban J connectivity index is 2.03. The Morgan fingerprint density at radius 3 is 2.50 bits per heavy atom. The van der Waals surface area contributed by atoms with Crippen LogP contribution in [0.15, 0.2) is 79.0 Å². The second-order valence-corrected chi connectivity index (χ2v) is 6.30. The van der Waals surface area contributed by atoms with Crippen molar-refractivity contribution >= 4 is 16.7 Å². The van der Waals surface area contributed by atoms with E-state index in [0.29, 0.717) is 0 Å². The number of hydrogen-bond donors (Lipinski definition) is 1. The highest BCUT2D eigenvalue weighted by atomic mass is 16.4. The van der Waals surface area contributed by atoms with Crippen LogP contribution in [0, 0.1) is 0 Å². The lowest BCUT2D eigenvalue weighted by atomic mass is 9.94. The van der Waals surface area contributed by atoms with Gasteiger partial charge in [-0.2, -0.15) is 0 Å². The minimum atomic E-state index is -0.933. The Morgan fingerprint density at radius 2 is 1.69 bits per heavy atom. The molecule has 0 unspecified atom stereocenters. The molecule has 3 heteroatoms. The summed E-state index contributed by atoms with van der Waals surface area (Å²) in [5.41, 5.74) is 4.54. The number of aryl methyl sites for hydroxylation is 1. The lowest BCUT2D eigenvalue weighted by Crippen LogP contribution is -2.06. The van der Waals surface area contributed by atoms with Crippen LogP contribution < -0.4 is 0 Å². The van der Waals surface area contributed by atoms with Crippen LogP contribution in [0.1, 0.15) is 23.0 Å². The molecule has 4 aromatic rings. The molecule has 0 aliphatic rings. The number of fused-ring (bicyclic) bond motifs is 1. The average molecular weight is 341 g/mol. The standard InChI is InChI=1S/C23H19NO2/c1-2-16-14-17-8-3-4-9-18(17)20(15-16)19-10-5-6-11-21(19)24-13-7-12-22(24)23(25)26/h3-15H,2H2,1H3,(H,25,26). The van der Waals surface area contributed by atoms with Gasteiger partial charge in [0, 0.05) is 11.8 Å². The highest BCUT2D eigenvalue weighted by Gasteiger charge is 2.15. The van der Waals surface area contributed by atoms with Gasteiger partial charge in [-0.1, -0.05) is 61.5 Å². The summed E-state index contributed by atoms with van der Waals surface area (Å²) in [5, 5.41) is 11.9. The third-order valence-electron chi connectivity index (χ3n) is 4.75. The van der Waals surface area contributed by atoms with Gasteiger partial charge >= 0.3 is 5.97 Å². The number of aromatic carboxylic acids is 1. The second-order valence-electron chi connectivity index (χ2n) is 6.30. The molecule has 0 aliphatic carbocycles. The number of carboxylic acids is 1. The molecule has 0 atom stereocenters. The molecule has 3 aromatic carbocycles. The topological polar surface area (TPSA) is 42.2 Å². The van der Waals surface area contributed by atoms with Crippen molar-refractivity contribution in [2.75, 3.05) is 0 Å². The van der Waals surface area contributed by atoms with Crippen LogP contribution >= 0.6 is 0 Å². The van der Waals surface area contributed by atoms with E-state index < -0.39 is 5.97 Å². The number of benzene rings is 3. The van der Waals surface area contributed by atoms with Gasteiger partial charge in [-0.15, -0.1) is 0 Å². The molecule has 1 N–H and O–H groups in total. The van der Waals surface area contributed by atoms with Gasteiger partial charge < -0.3 is 9.67 Å². The van der Waals surface area contributed by atoms with Gasteiger partial charge in [0.1, 0.15) is 5.69 Å². The van der Waals surface area contributed by atoms with E-state index in [1.807, 2.05) is 30.3 Å². The van der Waals surface area contributed by atoms with E-state index in [1.165, 1.54) is 16.3 Å². The molecule has 0 amide bonds. The van der Waals surface area contributed by atoms with E-state index in [0.717, 1.165) is 23.2 Å². The van der Waals surface area contributed by atoms with E-state index in [9.17, 15) is 9.90 Å². The summed E-state index contributed by atoms with van der Waals surface area (Å²) < 4.78 is 1.74. The summed E-state index contributed by atoms with van der Waals surface area (Å²) in [5.74, 6) is -0.933. The largest absolute Gasteiger partial charge is 0.477 e. The van der Waals surface area contributed by atoms with Crippen LogP contribution in [-0.4, -0.2) is 15.6 Å². The number of nitrogens with zero attached hydrogens (tertiary/aromatic N) is 1. The fourth-order valence-electron chi connectivity index (χ4n) is 3.48. The Bertz CT molecular complexity index is 1110. The van der Waals surface area contributed by atoms with Crippen molar-refractivity contribution < 1.29 is 9.90 Å². The number of para-hydroxylation sites is 1. The fourth-order valence-corrected chi connectivity index (χ4v) is 3.48. The highest BCUT2D eigenvalue weighted by Crippen LogP contribution is 2.34. The first kappa shape index (κ1) is 16.2. The number of aromatic nitrogens is 1. The molecule has 0 radical (unpaired) electrons. The van der Waals surface area contributed by atoms with E-state index in [-0.39, 0.29) is 5.69 Å². The van der Waals surface area contributed by atoms with Crippen molar-refractivity contribution in [3.63, 3.8) is 0 Å². The Hall–Kier alpha value is -3.33. The molecule has 0 fully saturated rings. The van der Waals surface area contributed by atoms with E-state index >= 15 is 0 Å². The molecule has 1 aromatic heterocycles. The van der Waals surface area contributed by atoms with Gasteiger partial charge in [0.25, 0.3) is 0 Å². The van der Waals surface area contributed by atoms with Crippen molar-refractivity contribution in [3.8, 4) is 16.8 Å². The van der Waals surface area contributed by atoms with Crippen LogP contribution in [0.5, 0.6) is 0 Å². The first-order valence-electron chi connectivity index (χ1n) is 8.71. The molecule has 0 saturated heterocycles. The Labute approximate surface area is 152 Å². The van der Waals surface area contributed by atoms with Crippen LogP contribution in [0.2, 0.25) is 0 Å². The predicted octanol–water partition coefficient (Wildman–Crippen LogP) is 5.56. The second kappa shape index (κ2) is 6.52. The Kier molecular flexibility index (Phi) is 4.05. The molecule has 26 heavy (non-hydrogen) atoms. The molecule has 1 heterocycles. The third kappa shape index (κ3) is 2.68. The lowest BCUT2D eigenvalue weighted by Gasteiger charge is -2.16. The zero-order valence-corrected chi connectivity index (χ0v) is 14.5. The molecule has 4 rings (SSSR count). The molecule has 0 spiro atoms. The maximum absolute atomic E-state index is 11.6. The van der Waals surface area contributed by atoms with Crippen LogP contribution in [0.3, 0.4) is 0 Å². The summed E-state index contributed by atoms with van der Waals surface area (Å²) in [6.45, 7) is 2.15. The first-order valence-corrected chi connectivity index (χ1v) is 8.71. The SMILES string of the molecule is CCc1cc(-c2ccccc2-n2cccc2C(=O)O)c2ccccc2c1. The fraction of sp³-hybridized carbons (Fsp3) is 0.0870. The number of hydrogen-bond acceptors (Lipinski definition) is 1. The summed E-state index contributed by atoms with van der Waals surface area (Å²) in [6.07, 6.45) is 2.75. The zero-order valence-electron chi connectivity index (χ0n) is 14.5. The van der Waals surface area contributed by atoms with Gasteiger partial charge in [-0.05, 0) is 46.5 Å². The lowest BCUT2D eigenvalue weighted by molar-refractivity contribution is 0.0688. The number of carbonyl (C=O) groups is 1. The molecular weight excluding hydrogens is 322 g/mol. The van der Waals surface area contributed by atoms with Crippen molar-refractivity contribution in [2.24, 2.45) is 0 Å². The number of rotatable bonds is 4. The molecule has 128 valence electrons. The van der Waals surface area contributed by atoms with Gasteiger partial charge in [0.15, 0.2) is 0 Å². The van der Waals surface area contributed by atoms with Gasteiger partial charge in [-0.3, -0.25) is 0 Å². The molecule has 0 aliphatic heterocycles. The molecular formula is C23H19NO2. The number of carboxylic acid groups (broad SMARTS) is 1. The minimum absolute atomic E-state index is 0.258. The predicted molar refractivity (Wildman–Crippen MR) is 105 cm³/mol. The maximum Gasteiger partial charge on any atom is 0.352 e. The van der Waals surface area contributed by atoms with Crippen molar-refractivity contribution in [1.29, 1.82) is 0 Å². The quantitative estimate of drug-likeness (QED) is 0.528. The van der Waals surface area contributed by atoms with E-state index in [1.54, 1.807) is 22.9 Å². The molecule has 0 bridgehead atoms. The summed E-state index contributed by atoms with van der Waals surface area (Å²) in [4.78, 5) is 11.6. The molecule has 3 nitrogen and oxygen atoms in total.